The Balaban J connectivity index is 1.21. The average molecular weight is 465 g/mol. The van der Waals surface area contributed by atoms with Gasteiger partial charge >= 0.3 is 6.03 Å². The summed E-state index contributed by atoms with van der Waals surface area (Å²) >= 11 is 0. The maximum Gasteiger partial charge on any atom is 0.319 e. The van der Waals surface area contributed by atoms with Crippen LogP contribution in [-0.2, 0) is 6.42 Å². The number of hydrogen-bond donors (Lipinski definition) is 2. The second-order valence-corrected chi connectivity index (χ2v) is 9.47. The Kier molecular flexibility index (Phi) is 7.05. The van der Waals surface area contributed by atoms with Crippen molar-refractivity contribution in [1.82, 2.24) is 15.2 Å². The van der Waals surface area contributed by atoms with Crippen molar-refractivity contribution in [2.45, 2.75) is 31.7 Å². The van der Waals surface area contributed by atoms with Gasteiger partial charge in [-0.2, -0.15) is 0 Å². The van der Waals surface area contributed by atoms with E-state index in [0.29, 0.717) is 5.92 Å². The van der Waals surface area contributed by atoms with Gasteiger partial charge in [0.2, 0.25) is 0 Å². The summed E-state index contributed by atoms with van der Waals surface area (Å²) in [6.45, 7) is 4.78. The molecule has 2 amide bonds. The first-order valence-electron chi connectivity index (χ1n) is 12.4. The van der Waals surface area contributed by atoms with Crippen LogP contribution in [0.1, 0.15) is 29.2 Å². The average Bonchev–Trinajstić information content (AvgIpc) is 3.31. The lowest BCUT2D eigenvalue weighted by Gasteiger charge is -2.25. The lowest BCUT2D eigenvalue weighted by atomic mass is 9.91. The smallest absolute Gasteiger partial charge is 0.319 e. The number of nitrogens with one attached hydrogen (secondary N) is 2. The summed E-state index contributed by atoms with van der Waals surface area (Å²) in [5.74, 6) is 0.414. The third-order valence-electron chi connectivity index (χ3n) is 6.77. The molecule has 2 N–H and O–H groups in total. The topological polar surface area (TPSA) is 57.3 Å². The predicted octanol–water partition coefficient (Wildman–Crippen LogP) is 5.77. The zero-order chi connectivity index (χ0) is 24.0. The van der Waals surface area contributed by atoms with E-state index in [1.165, 1.54) is 11.1 Å². The molecule has 2 heterocycles. The van der Waals surface area contributed by atoms with E-state index in [4.69, 9.17) is 0 Å². The Morgan fingerprint density at radius 3 is 2.51 bits per heavy atom. The van der Waals surface area contributed by atoms with E-state index >= 15 is 0 Å². The van der Waals surface area contributed by atoms with Crippen molar-refractivity contribution in [3.63, 3.8) is 0 Å². The summed E-state index contributed by atoms with van der Waals surface area (Å²) in [5.41, 5.74) is 5.30. The molecule has 0 bridgehead atoms. The van der Waals surface area contributed by atoms with E-state index in [9.17, 15) is 4.79 Å². The largest absolute Gasteiger partial charge is 0.334 e. The number of fused-ring (bicyclic) bond motifs is 1. The van der Waals surface area contributed by atoms with Crippen LogP contribution < -0.4 is 10.6 Å². The fourth-order valence-corrected chi connectivity index (χ4v) is 5.09. The van der Waals surface area contributed by atoms with E-state index in [1.54, 1.807) is 0 Å². The van der Waals surface area contributed by atoms with Gasteiger partial charge in [0, 0.05) is 42.7 Å². The van der Waals surface area contributed by atoms with E-state index in [0.717, 1.165) is 54.8 Å². The van der Waals surface area contributed by atoms with Gasteiger partial charge in [-0.15, -0.1) is 0 Å². The minimum absolute atomic E-state index is 0.136. The Labute approximate surface area is 207 Å². The van der Waals surface area contributed by atoms with E-state index in [-0.39, 0.29) is 12.1 Å². The van der Waals surface area contributed by atoms with Crippen LogP contribution in [0.4, 0.5) is 10.5 Å². The number of carbonyl (C=O) groups is 1. The number of likely N-dealkylation sites (tertiary alicyclic amines) is 1. The molecular formula is C30H32N4O. The first-order chi connectivity index (χ1) is 17.1. The van der Waals surface area contributed by atoms with Crippen LogP contribution in [0.3, 0.4) is 0 Å². The highest BCUT2D eigenvalue weighted by Gasteiger charge is 2.26. The molecule has 1 aliphatic rings. The number of benzene rings is 3. The molecule has 1 aromatic heterocycles. The maximum atomic E-state index is 12.9. The Morgan fingerprint density at radius 2 is 1.71 bits per heavy atom. The van der Waals surface area contributed by atoms with Crippen molar-refractivity contribution in [3.05, 3.63) is 108 Å². The summed E-state index contributed by atoms with van der Waals surface area (Å²) in [4.78, 5) is 19.9. The van der Waals surface area contributed by atoms with E-state index in [1.807, 2.05) is 37.3 Å². The summed E-state index contributed by atoms with van der Waals surface area (Å²) in [7, 11) is 0. The van der Waals surface area contributed by atoms with Crippen molar-refractivity contribution in [3.8, 4) is 0 Å². The number of pyridine rings is 1. The quantitative estimate of drug-likeness (QED) is 0.365. The molecule has 0 radical (unpaired) electrons. The highest BCUT2D eigenvalue weighted by molar-refractivity contribution is 6.00. The van der Waals surface area contributed by atoms with Gasteiger partial charge in [-0.3, -0.25) is 4.98 Å². The lowest BCUT2D eigenvalue weighted by molar-refractivity contribution is 0.247. The van der Waals surface area contributed by atoms with E-state index in [2.05, 4.69) is 81.2 Å². The third-order valence-corrected chi connectivity index (χ3v) is 6.77. The van der Waals surface area contributed by atoms with Gasteiger partial charge in [-0.05, 0) is 43.0 Å². The number of aryl methyl sites for hydroxylation is 1. The van der Waals surface area contributed by atoms with Crippen LogP contribution in [0.25, 0.3) is 10.9 Å². The molecule has 0 spiro atoms. The summed E-state index contributed by atoms with van der Waals surface area (Å²) < 4.78 is 0. The fraction of sp³-hybridized carbons (Fsp3) is 0.267. The summed E-state index contributed by atoms with van der Waals surface area (Å²) in [6.07, 6.45) is 1.96. The standard InChI is InChI=1S/C30H32N4O/c1-22-18-29(27-14-8-9-15-28(27)31-22)33-30(35)32-26-16-17-34(21-26)20-25(24-12-6-3-7-13-24)19-23-10-4-2-5-11-23/h2-15,18,25-26H,16-17,19-21H2,1H3,(H2,31,32,33,35). The minimum Gasteiger partial charge on any atom is -0.334 e. The monoisotopic (exact) mass is 464 g/mol. The zero-order valence-electron chi connectivity index (χ0n) is 20.2. The Morgan fingerprint density at radius 1 is 1.00 bits per heavy atom. The van der Waals surface area contributed by atoms with Crippen LogP contribution in [0.2, 0.25) is 0 Å². The molecule has 2 unspecified atom stereocenters. The van der Waals surface area contributed by atoms with Gasteiger partial charge in [-0.25, -0.2) is 4.79 Å². The van der Waals surface area contributed by atoms with Gasteiger partial charge in [-0.1, -0.05) is 78.9 Å². The van der Waals surface area contributed by atoms with Gasteiger partial charge in [0.1, 0.15) is 0 Å². The van der Waals surface area contributed by atoms with Crippen molar-refractivity contribution in [1.29, 1.82) is 0 Å². The molecule has 3 aromatic carbocycles. The highest BCUT2D eigenvalue weighted by Crippen LogP contribution is 2.25. The van der Waals surface area contributed by atoms with Crippen molar-refractivity contribution in [2.75, 3.05) is 25.0 Å². The highest BCUT2D eigenvalue weighted by atomic mass is 16.2. The first-order valence-corrected chi connectivity index (χ1v) is 12.4. The Bertz CT molecular complexity index is 1280. The Hall–Kier alpha value is -3.70. The molecule has 178 valence electrons. The molecule has 4 aromatic rings. The molecule has 5 heteroatoms. The van der Waals surface area contributed by atoms with Crippen molar-refractivity contribution < 1.29 is 4.79 Å². The maximum absolute atomic E-state index is 12.9. The predicted molar refractivity (Wildman–Crippen MR) is 143 cm³/mol. The summed E-state index contributed by atoms with van der Waals surface area (Å²) in [6, 6.07) is 31.3. The second kappa shape index (κ2) is 10.7. The molecule has 1 fully saturated rings. The zero-order valence-corrected chi connectivity index (χ0v) is 20.2. The SMILES string of the molecule is Cc1cc(NC(=O)NC2CCN(CC(Cc3ccccc3)c3ccccc3)C2)c2ccccc2n1. The van der Waals surface area contributed by atoms with Crippen LogP contribution in [0.5, 0.6) is 0 Å². The molecule has 0 saturated carbocycles. The van der Waals surface area contributed by atoms with Crippen molar-refractivity contribution in [2.24, 2.45) is 0 Å². The molecule has 2 atom stereocenters. The number of urea groups is 1. The number of amides is 2. The number of anilines is 1. The van der Waals surface area contributed by atoms with Crippen LogP contribution in [-0.4, -0.2) is 41.6 Å². The normalized spacial score (nSPS) is 16.8. The first kappa shape index (κ1) is 23.1. The molecule has 5 rings (SSSR count). The number of aromatic nitrogens is 1. The fourth-order valence-electron chi connectivity index (χ4n) is 5.09. The van der Waals surface area contributed by atoms with Gasteiger partial charge in [0.05, 0.1) is 11.2 Å². The molecule has 5 nitrogen and oxygen atoms in total. The van der Waals surface area contributed by atoms with Gasteiger partial charge < -0.3 is 15.5 Å². The number of carbonyl (C=O) groups excluding carboxylic acids is 1. The molecule has 35 heavy (non-hydrogen) atoms. The minimum atomic E-state index is -0.156. The van der Waals surface area contributed by atoms with Gasteiger partial charge in [0.25, 0.3) is 0 Å². The third kappa shape index (κ3) is 5.87. The number of para-hydroxylation sites is 1. The van der Waals surface area contributed by atoms with Crippen LogP contribution in [0.15, 0.2) is 91.0 Å². The molecule has 1 aliphatic heterocycles. The lowest BCUT2D eigenvalue weighted by Crippen LogP contribution is -2.40. The molecule has 1 saturated heterocycles. The van der Waals surface area contributed by atoms with Crippen LogP contribution >= 0.6 is 0 Å². The molecular weight excluding hydrogens is 432 g/mol. The number of rotatable bonds is 7. The van der Waals surface area contributed by atoms with Crippen LogP contribution in [0, 0.1) is 6.92 Å². The number of nitrogens with zero attached hydrogens (tertiary/aromatic N) is 2. The number of hydrogen-bond acceptors (Lipinski definition) is 3. The van der Waals surface area contributed by atoms with E-state index < -0.39 is 0 Å². The molecule has 0 aliphatic carbocycles. The van der Waals surface area contributed by atoms with Crippen molar-refractivity contribution >= 4 is 22.6 Å². The van der Waals surface area contributed by atoms with Gasteiger partial charge in [0.15, 0.2) is 0 Å². The second-order valence-electron chi connectivity index (χ2n) is 9.47. The summed E-state index contributed by atoms with van der Waals surface area (Å²) in [5, 5.41) is 7.20.